The second kappa shape index (κ2) is 4.30. The molecule has 3 nitrogen and oxygen atoms in total. The summed E-state index contributed by atoms with van der Waals surface area (Å²) in [6.07, 6.45) is 8.24. The Hall–Kier alpha value is -0.570. The minimum Gasteiger partial charge on any atom is -0.301 e. The number of halogens is 1. The molecular weight excluding hydrogens is 198 g/mol. The van der Waals surface area contributed by atoms with E-state index in [9.17, 15) is 0 Å². The maximum Gasteiger partial charge on any atom is 0.225 e. The van der Waals surface area contributed by atoms with Gasteiger partial charge in [-0.2, -0.15) is 0 Å². The fourth-order valence-electron chi connectivity index (χ4n) is 2.34. The first-order valence-electron chi connectivity index (χ1n) is 5.34. The van der Waals surface area contributed by atoms with Gasteiger partial charge in [0.15, 0.2) is 0 Å². The molecule has 2 rings (SSSR count). The van der Waals surface area contributed by atoms with E-state index in [0.717, 1.165) is 0 Å². The molecular formula is C10H16ClN3. The summed E-state index contributed by atoms with van der Waals surface area (Å²) in [5.41, 5.74) is 0. The van der Waals surface area contributed by atoms with Crippen LogP contribution in [-0.4, -0.2) is 14.8 Å². The first kappa shape index (κ1) is 9.97. The van der Waals surface area contributed by atoms with Gasteiger partial charge in [-0.1, -0.05) is 26.2 Å². The summed E-state index contributed by atoms with van der Waals surface area (Å²) in [4.78, 5) is 0. The second-order valence-electron chi connectivity index (χ2n) is 4.19. The van der Waals surface area contributed by atoms with Crippen molar-refractivity contribution in [1.29, 1.82) is 0 Å². The lowest BCUT2D eigenvalue weighted by molar-refractivity contribution is 0.333. The summed E-state index contributed by atoms with van der Waals surface area (Å²) in [5.74, 6) is 0.686. The largest absolute Gasteiger partial charge is 0.301 e. The molecule has 1 aromatic heterocycles. The van der Waals surface area contributed by atoms with Gasteiger partial charge in [0, 0.05) is 6.04 Å². The SMILES string of the molecule is CC1CCCCCC1n1cnnc1Cl. The molecule has 0 amide bonds. The van der Waals surface area contributed by atoms with Crippen LogP contribution in [0, 0.1) is 5.92 Å². The Labute approximate surface area is 89.5 Å². The number of nitrogens with zero attached hydrogens (tertiary/aromatic N) is 3. The van der Waals surface area contributed by atoms with Gasteiger partial charge in [0.1, 0.15) is 6.33 Å². The monoisotopic (exact) mass is 213 g/mol. The van der Waals surface area contributed by atoms with Crippen molar-refractivity contribution in [3.63, 3.8) is 0 Å². The summed E-state index contributed by atoms with van der Waals surface area (Å²) < 4.78 is 2.03. The van der Waals surface area contributed by atoms with Crippen molar-refractivity contribution >= 4 is 11.6 Å². The highest BCUT2D eigenvalue weighted by molar-refractivity contribution is 6.28. The lowest BCUT2D eigenvalue weighted by Gasteiger charge is -2.22. The fraction of sp³-hybridized carbons (Fsp3) is 0.800. The summed E-state index contributed by atoms with van der Waals surface area (Å²) >= 11 is 5.98. The van der Waals surface area contributed by atoms with Gasteiger partial charge in [0.2, 0.25) is 5.28 Å². The fourth-order valence-corrected chi connectivity index (χ4v) is 2.55. The Balaban J connectivity index is 2.19. The van der Waals surface area contributed by atoms with E-state index in [1.165, 1.54) is 32.1 Å². The van der Waals surface area contributed by atoms with Crippen LogP contribution in [-0.2, 0) is 0 Å². The molecule has 1 saturated carbocycles. The summed E-state index contributed by atoms with van der Waals surface area (Å²) in [5, 5.41) is 8.21. The number of aromatic nitrogens is 3. The molecule has 1 heterocycles. The summed E-state index contributed by atoms with van der Waals surface area (Å²) in [6, 6.07) is 0.500. The lowest BCUT2D eigenvalue weighted by atomic mass is 9.97. The molecule has 2 unspecified atom stereocenters. The molecule has 0 spiro atoms. The number of rotatable bonds is 1. The van der Waals surface area contributed by atoms with Gasteiger partial charge in [-0.25, -0.2) is 0 Å². The highest BCUT2D eigenvalue weighted by atomic mass is 35.5. The lowest BCUT2D eigenvalue weighted by Crippen LogP contribution is -2.15. The predicted octanol–water partition coefficient (Wildman–Crippen LogP) is 3.07. The molecule has 14 heavy (non-hydrogen) atoms. The van der Waals surface area contributed by atoms with Crippen LogP contribution >= 0.6 is 11.6 Å². The van der Waals surface area contributed by atoms with Crippen molar-refractivity contribution in [2.24, 2.45) is 5.92 Å². The smallest absolute Gasteiger partial charge is 0.225 e. The first-order chi connectivity index (χ1) is 6.79. The van der Waals surface area contributed by atoms with Crippen LogP contribution in [0.5, 0.6) is 0 Å². The van der Waals surface area contributed by atoms with Crippen LogP contribution in [0.25, 0.3) is 0 Å². The summed E-state index contributed by atoms with van der Waals surface area (Å²) in [6.45, 7) is 2.30. The van der Waals surface area contributed by atoms with Crippen LogP contribution in [0.2, 0.25) is 5.28 Å². The molecule has 1 aromatic rings. The van der Waals surface area contributed by atoms with E-state index in [0.29, 0.717) is 17.2 Å². The maximum atomic E-state index is 5.98. The molecule has 4 heteroatoms. The van der Waals surface area contributed by atoms with Gasteiger partial charge in [0.05, 0.1) is 0 Å². The minimum atomic E-state index is 0.500. The Morgan fingerprint density at radius 3 is 2.86 bits per heavy atom. The van der Waals surface area contributed by atoms with Gasteiger partial charge in [-0.3, -0.25) is 0 Å². The van der Waals surface area contributed by atoms with Crippen molar-refractivity contribution in [2.75, 3.05) is 0 Å². The van der Waals surface area contributed by atoms with E-state index in [1.54, 1.807) is 6.33 Å². The topological polar surface area (TPSA) is 30.7 Å². The van der Waals surface area contributed by atoms with E-state index in [1.807, 2.05) is 4.57 Å². The van der Waals surface area contributed by atoms with Crippen molar-refractivity contribution in [3.05, 3.63) is 11.6 Å². The molecule has 78 valence electrons. The van der Waals surface area contributed by atoms with Gasteiger partial charge in [0.25, 0.3) is 0 Å². The average Bonchev–Trinajstić information content (AvgIpc) is 2.46. The zero-order valence-corrected chi connectivity index (χ0v) is 9.24. The first-order valence-corrected chi connectivity index (χ1v) is 5.72. The van der Waals surface area contributed by atoms with Gasteiger partial charge in [-0.05, 0) is 30.4 Å². The third kappa shape index (κ3) is 1.92. The maximum absolute atomic E-state index is 5.98. The molecule has 1 fully saturated rings. The van der Waals surface area contributed by atoms with Gasteiger partial charge < -0.3 is 4.57 Å². The highest BCUT2D eigenvalue weighted by Gasteiger charge is 2.23. The zero-order chi connectivity index (χ0) is 9.97. The van der Waals surface area contributed by atoms with E-state index in [2.05, 4.69) is 17.1 Å². The van der Waals surface area contributed by atoms with Crippen LogP contribution < -0.4 is 0 Å². The van der Waals surface area contributed by atoms with Crippen molar-refractivity contribution in [3.8, 4) is 0 Å². The molecule has 1 aliphatic rings. The Bertz CT molecular complexity index is 297. The average molecular weight is 214 g/mol. The Morgan fingerprint density at radius 2 is 2.14 bits per heavy atom. The standard InChI is InChI=1S/C10H16ClN3/c1-8-5-3-2-4-6-9(8)14-7-12-13-10(14)11/h7-9H,2-6H2,1H3. The molecule has 0 aromatic carbocycles. The minimum absolute atomic E-state index is 0.500. The number of hydrogen-bond donors (Lipinski definition) is 0. The summed E-state index contributed by atoms with van der Waals surface area (Å²) in [7, 11) is 0. The normalized spacial score (nSPS) is 28.7. The number of hydrogen-bond acceptors (Lipinski definition) is 2. The van der Waals surface area contributed by atoms with Crippen molar-refractivity contribution < 1.29 is 0 Å². The predicted molar refractivity (Wildman–Crippen MR) is 56.3 cm³/mol. The van der Waals surface area contributed by atoms with E-state index in [4.69, 9.17) is 11.6 Å². The molecule has 0 aliphatic heterocycles. The molecule has 0 bridgehead atoms. The third-order valence-corrected chi connectivity index (χ3v) is 3.47. The molecule has 1 aliphatic carbocycles. The Morgan fingerprint density at radius 1 is 1.36 bits per heavy atom. The molecule has 0 radical (unpaired) electrons. The van der Waals surface area contributed by atoms with E-state index < -0.39 is 0 Å². The molecule has 2 atom stereocenters. The van der Waals surface area contributed by atoms with Crippen LogP contribution in [0.4, 0.5) is 0 Å². The van der Waals surface area contributed by atoms with E-state index in [-0.39, 0.29) is 0 Å². The molecule has 0 saturated heterocycles. The van der Waals surface area contributed by atoms with Crippen LogP contribution in [0.3, 0.4) is 0 Å². The van der Waals surface area contributed by atoms with Crippen molar-refractivity contribution in [1.82, 2.24) is 14.8 Å². The van der Waals surface area contributed by atoms with Crippen molar-refractivity contribution in [2.45, 2.75) is 45.1 Å². The molecule has 0 N–H and O–H groups in total. The zero-order valence-electron chi connectivity index (χ0n) is 8.49. The second-order valence-corrected chi connectivity index (χ2v) is 4.53. The Kier molecular flexibility index (Phi) is 3.06. The van der Waals surface area contributed by atoms with Crippen LogP contribution in [0.15, 0.2) is 6.33 Å². The quantitative estimate of drug-likeness (QED) is 0.672. The van der Waals surface area contributed by atoms with Gasteiger partial charge in [-0.15, -0.1) is 10.2 Å². The third-order valence-electron chi connectivity index (χ3n) is 3.20. The van der Waals surface area contributed by atoms with E-state index >= 15 is 0 Å². The highest BCUT2D eigenvalue weighted by Crippen LogP contribution is 2.33. The van der Waals surface area contributed by atoms with Gasteiger partial charge >= 0.3 is 0 Å². The van der Waals surface area contributed by atoms with Crippen LogP contribution in [0.1, 0.15) is 45.1 Å².